The van der Waals surface area contributed by atoms with E-state index in [0.717, 1.165) is 45.2 Å². The van der Waals surface area contributed by atoms with Gasteiger partial charge in [0.2, 0.25) is 0 Å². The van der Waals surface area contributed by atoms with E-state index in [1.54, 1.807) is 4.88 Å². The standard InChI is InChI=1S/C19H29N5S/c1-4-20-19(23(3)15-17-6-5-10-22(17)2)21-9-12-24-11-7-18-16(14-24)8-13-25-18/h5-6,8,10,13H,4,7,9,11-12,14-15H2,1-3H3,(H,20,21). The molecule has 0 saturated heterocycles. The van der Waals surface area contributed by atoms with Crippen LogP contribution in [0.1, 0.15) is 23.1 Å². The first-order valence-corrected chi connectivity index (χ1v) is 9.92. The second-order valence-corrected chi connectivity index (χ2v) is 7.60. The van der Waals surface area contributed by atoms with Crippen molar-refractivity contribution in [3.63, 3.8) is 0 Å². The van der Waals surface area contributed by atoms with Crippen LogP contribution >= 0.6 is 11.3 Å². The minimum absolute atomic E-state index is 0.833. The Bertz CT molecular complexity index is 702. The highest BCUT2D eigenvalue weighted by atomic mass is 32.1. The second-order valence-electron chi connectivity index (χ2n) is 6.60. The first kappa shape index (κ1) is 18.0. The number of nitrogens with one attached hydrogen (secondary N) is 1. The summed E-state index contributed by atoms with van der Waals surface area (Å²) in [6.07, 6.45) is 3.27. The predicted molar refractivity (Wildman–Crippen MR) is 106 cm³/mol. The summed E-state index contributed by atoms with van der Waals surface area (Å²) in [5.74, 6) is 0.983. The molecule has 0 radical (unpaired) electrons. The van der Waals surface area contributed by atoms with E-state index < -0.39 is 0 Å². The van der Waals surface area contributed by atoms with Gasteiger partial charge in [-0.05, 0) is 42.5 Å². The summed E-state index contributed by atoms with van der Waals surface area (Å²) in [5, 5.41) is 5.63. The highest BCUT2D eigenvalue weighted by Gasteiger charge is 2.16. The number of aryl methyl sites for hydroxylation is 1. The molecule has 0 unspecified atom stereocenters. The molecule has 0 amide bonds. The lowest BCUT2D eigenvalue weighted by Gasteiger charge is -2.27. The number of nitrogens with zero attached hydrogens (tertiary/aromatic N) is 4. The maximum Gasteiger partial charge on any atom is 0.194 e. The topological polar surface area (TPSA) is 35.8 Å². The van der Waals surface area contributed by atoms with Gasteiger partial charge in [0.05, 0.1) is 13.1 Å². The van der Waals surface area contributed by atoms with Crippen LogP contribution in [0, 0.1) is 0 Å². The van der Waals surface area contributed by atoms with Crippen molar-refractivity contribution in [2.24, 2.45) is 12.0 Å². The lowest BCUT2D eigenvalue weighted by Crippen LogP contribution is -2.39. The SMILES string of the molecule is CCNC(=NCCN1CCc2sccc2C1)N(C)Cc1cccn1C. The minimum Gasteiger partial charge on any atom is -0.357 e. The molecule has 0 aliphatic carbocycles. The van der Waals surface area contributed by atoms with Gasteiger partial charge in [0, 0.05) is 57.0 Å². The number of guanidine groups is 1. The Hall–Kier alpha value is -1.79. The number of fused-ring (bicyclic) bond motifs is 1. The average molecular weight is 360 g/mol. The molecule has 0 aromatic carbocycles. The summed E-state index contributed by atoms with van der Waals surface area (Å²) in [4.78, 5) is 11.1. The van der Waals surface area contributed by atoms with Crippen LogP contribution < -0.4 is 5.32 Å². The average Bonchev–Trinajstić information content (AvgIpc) is 3.23. The van der Waals surface area contributed by atoms with Crippen molar-refractivity contribution < 1.29 is 0 Å². The molecule has 0 saturated carbocycles. The van der Waals surface area contributed by atoms with E-state index in [0.29, 0.717) is 0 Å². The van der Waals surface area contributed by atoms with Crippen LogP contribution in [0.25, 0.3) is 0 Å². The van der Waals surface area contributed by atoms with Gasteiger partial charge in [-0.15, -0.1) is 11.3 Å². The van der Waals surface area contributed by atoms with E-state index in [2.05, 4.69) is 70.5 Å². The second kappa shape index (κ2) is 8.54. The van der Waals surface area contributed by atoms with Crippen LogP contribution in [0.4, 0.5) is 0 Å². The Kier molecular flexibility index (Phi) is 6.15. The molecular formula is C19H29N5S. The van der Waals surface area contributed by atoms with E-state index >= 15 is 0 Å². The highest BCUT2D eigenvalue weighted by Crippen LogP contribution is 2.23. The van der Waals surface area contributed by atoms with Crippen LogP contribution in [0.2, 0.25) is 0 Å². The first-order chi connectivity index (χ1) is 12.2. The predicted octanol–water partition coefficient (Wildman–Crippen LogP) is 2.54. The third-order valence-corrected chi connectivity index (χ3v) is 5.73. The lowest BCUT2D eigenvalue weighted by atomic mass is 10.1. The van der Waals surface area contributed by atoms with Crippen molar-refractivity contribution in [2.45, 2.75) is 26.4 Å². The van der Waals surface area contributed by atoms with Crippen LogP contribution in [-0.2, 0) is 26.6 Å². The molecule has 1 N–H and O–H groups in total. The maximum absolute atomic E-state index is 4.84. The molecule has 3 heterocycles. The van der Waals surface area contributed by atoms with Crippen molar-refractivity contribution in [1.82, 2.24) is 19.7 Å². The summed E-state index contributed by atoms with van der Waals surface area (Å²) in [6.45, 7) is 7.94. The fraction of sp³-hybridized carbons (Fsp3) is 0.526. The van der Waals surface area contributed by atoms with E-state index in [-0.39, 0.29) is 0 Å². The lowest BCUT2D eigenvalue weighted by molar-refractivity contribution is 0.263. The Morgan fingerprint density at radius 2 is 2.28 bits per heavy atom. The Morgan fingerprint density at radius 1 is 1.40 bits per heavy atom. The smallest absolute Gasteiger partial charge is 0.194 e. The number of thiophene rings is 1. The monoisotopic (exact) mass is 359 g/mol. The van der Waals surface area contributed by atoms with Crippen LogP contribution in [-0.4, -0.2) is 53.6 Å². The van der Waals surface area contributed by atoms with E-state index in [1.807, 2.05) is 11.3 Å². The van der Waals surface area contributed by atoms with Crippen LogP contribution in [0.3, 0.4) is 0 Å². The molecule has 6 heteroatoms. The summed E-state index contributed by atoms with van der Waals surface area (Å²) in [6, 6.07) is 6.52. The highest BCUT2D eigenvalue weighted by molar-refractivity contribution is 7.10. The summed E-state index contributed by atoms with van der Waals surface area (Å²) in [7, 11) is 4.19. The maximum atomic E-state index is 4.84. The summed E-state index contributed by atoms with van der Waals surface area (Å²) >= 11 is 1.90. The molecule has 5 nitrogen and oxygen atoms in total. The third-order valence-electron chi connectivity index (χ3n) is 4.71. The number of hydrogen-bond donors (Lipinski definition) is 1. The van der Waals surface area contributed by atoms with Crippen molar-refractivity contribution in [1.29, 1.82) is 0 Å². The largest absolute Gasteiger partial charge is 0.357 e. The molecule has 1 aliphatic heterocycles. The fourth-order valence-corrected chi connectivity index (χ4v) is 4.13. The fourth-order valence-electron chi connectivity index (χ4n) is 3.24. The van der Waals surface area contributed by atoms with Gasteiger partial charge in [-0.3, -0.25) is 9.89 Å². The van der Waals surface area contributed by atoms with Gasteiger partial charge in [0.1, 0.15) is 0 Å². The van der Waals surface area contributed by atoms with Gasteiger partial charge in [-0.25, -0.2) is 0 Å². The van der Waals surface area contributed by atoms with Gasteiger partial charge >= 0.3 is 0 Å². The van der Waals surface area contributed by atoms with Crippen molar-refractivity contribution in [3.8, 4) is 0 Å². The van der Waals surface area contributed by atoms with Crippen molar-refractivity contribution >= 4 is 17.3 Å². The Balaban J connectivity index is 1.54. The molecule has 25 heavy (non-hydrogen) atoms. The van der Waals surface area contributed by atoms with Gasteiger partial charge in [0.15, 0.2) is 5.96 Å². The molecular weight excluding hydrogens is 330 g/mol. The van der Waals surface area contributed by atoms with Crippen LogP contribution in [0.5, 0.6) is 0 Å². The molecule has 3 rings (SSSR count). The Labute approximate surface area is 155 Å². The first-order valence-electron chi connectivity index (χ1n) is 9.04. The zero-order valence-corrected chi connectivity index (χ0v) is 16.4. The molecule has 0 spiro atoms. The molecule has 136 valence electrons. The zero-order chi connectivity index (χ0) is 17.6. The third kappa shape index (κ3) is 4.64. The molecule has 0 fully saturated rings. The molecule has 2 aromatic rings. The summed E-state index contributed by atoms with van der Waals surface area (Å²) in [5.41, 5.74) is 2.79. The van der Waals surface area contributed by atoms with E-state index in [1.165, 1.54) is 17.7 Å². The quantitative estimate of drug-likeness (QED) is 0.636. The van der Waals surface area contributed by atoms with Gasteiger partial charge in [0.25, 0.3) is 0 Å². The van der Waals surface area contributed by atoms with Crippen molar-refractivity contribution in [2.75, 3.05) is 33.2 Å². The molecule has 1 aliphatic rings. The zero-order valence-electron chi connectivity index (χ0n) is 15.5. The van der Waals surface area contributed by atoms with Gasteiger partial charge in [-0.2, -0.15) is 0 Å². The van der Waals surface area contributed by atoms with Crippen molar-refractivity contribution in [3.05, 3.63) is 45.9 Å². The normalized spacial score (nSPS) is 15.2. The molecule has 0 atom stereocenters. The summed E-state index contributed by atoms with van der Waals surface area (Å²) < 4.78 is 2.16. The van der Waals surface area contributed by atoms with Crippen LogP contribution in [0.15, 0.2) is 34.8 Å². The number of aliphatic imine (C=N–C) groups is 1. The number of hydrogen-bond acceptors (Lipinski definition) is 3. The van der Waals surface area contributed by atoms with Gasteiger partial charge in [-0.1, -0.05) is 0 Å². The minimum atomic E-state index is 0.833. The molecule has 0 bridgehead atoms. The van der Waals surface area contributed by atoms with Gasteiger partial charge < -0.3 is 14.8 Å². The van der Waals surface area contributed by atoms with E-state index in [9.17, 15) is 0 Å². The number of rotatable bonds is 6. The molecule has 2 aromatic heterocycles. The Morgan fingerprint density at radius 3 is 3.04 bits per heavy atom. The number of aromatic nitrogens is 1. The van der Waals surface area contributed by atoms with E-state index in [4.69, 9.17) is 4.99 Å².